The molecule has 0 N–H and O–H groups in total. The summed E-state index contributed by atoms with van der Waals surface area (Å²) in [6.07, 6.45) is 1.77. The summed E-state index contributed by atoms with van der Waals surface area (Å²) in [4.78, 5) is 16.9. The van der Waals surface area contributed by atoms with E-state index in [4.69, 9.17) is 4.74 Å². The lowest BCUT2D eigenvalue weighted by Gasteiger charge is -2.38. The lowest BCUT2D eigenvalue weighted by atomic mass is 9.98. The van der Waals surface area contributed by atoms with Gasteiger partial charge in [-0.1, -0.05) is 12.1 Å². The molecule has 114 valence electrons. The number of aryl methyl sites for hydroxylation is 1. The third kappa shape index (κ3) is 3.38. The van der Waals surface area contributed by atoms with Crippen LogP contribution in [0, 0.1) is 12.8 Å². The van der Waals surface area contributed by atoms with Crippen LogP contribution in [0.15, 0.2) is 24.3 Å². The minimum atomic E-state index is 0.185. The maximum atomic E-state index is 12.5. The summed E-state index contributed by atoms with van der Waals surface area (Å²) in [5.41, 5.74) is 2.56. The number of hydrogen-bond acceptors (Lipinski definition) is 3. The predicted molar refractivity (Wildman–Crippen MR) is 83.5 cm³/mol. The first-order valence-electron chi connectivity index (χ1n) is 7.92. The second-order valence-electron chi connectivity index (χ2n) is 6.04. The summed E-state index contributed by atoms with van der Waals surface area (Å²) < 4.78 is 5.34. The molecule has 0 bridgehead atoms. The first-order valence-corrected chi connectivity index (χ1v) is 7.92. The van der Waals surface area contributed by atoms with Gasteiger partial charge in [0.05, 0.1) is 0 Å². The molecule has 4 nitrogen and oxygen atoms in total. The standard InChI is InChI=1S/C17H24N2O2/c1-14-3-2-4-16(13-14)18-7-9-19(10-8-18)17(20)15-5-11-21-12-6-15/h2-4,13,15H,5-12H2,1H3. The number of piperazine rings is 1. The highest BCUT2D eigenvalue weighted by Crippen LogP contribution is 2.21. The fourth-order valence-electron chi connectivity index (χ4n) is 3.21. The van der Waals surface area contributed by atoms with Crippen molar-refractivity contribution >= 4 is 11.6 Å². The second kappa shape index (κ2) is 6.48. The summed E-state index contributed by atoms with van der Waals surface area (Å²) in [7, 11) is 0. The van der Waals surface area contributed by atoms with Gasteiger partial charge in [-0.15, -0.1) is 0 Å². The highest BCUT2D eigenvalue weighted by atomic mass is 16.5. The van der Waals surface area contributed by atoms with Crippen LogP contribution in [-0.4, -0.2) is 50.2 Å². The molecular weight excluding hydrogens is 264 g/mol. The van der Waals surface area contributed by atoms with Crippen molar-refractivity contribution in [3.05, 3.63) is 29.8 Å². The van der Waals surface area contributed by atoms with Gasteiger partial charge in [0.25, 0.3) is 0 Å². The monoisotopic (exact) mass is 288 g/mol. The Bertz CT molecular complexity index is 489. The van der Waals surface area contributed by atoms with E-state index in [1.54, 1.807) is 0 Å². The normalized spacial score (nSPS) is 20.6. The number of carbonyl (C=O) groups is 1. The first-order chi connectivity index (χ1) is 10.2. The highest BCUT2D eigenvalue weighted by molar-refractivity contribution is 5.79. The topological polar surface area (TPSA) is 32.8 Å². The van der Waals surface area contributed by atoms with Crippen molar-refractivity contribution < 1.29 is 9.53 Å². The molecular formula is C17H24N2O2. The van der Waals surface area contributed by atoms with Crippen molar-refractivity contribution in [3.63, 3.8) is 0 Å². The molecule has 1 aromatic carbocycles. The Morgan fingerprint density at radius 3 is 2.52 bits per heavy atom. The minimum Gasteiger partial charge on any atom is -0.381 e. The van der Waals surface area contributed by atoms with Gasteiger partial charge in [0.2, 0.25) is 5.91 Å². The quantitative estimate of drug-likeness (QED) is 0.835. The maximum Gasteiger partial charge on any atom is 0.225 e. The fraction of sp³-hybridized carbons (Fsp3) is 0.588. The van der Waals surface area contributed by atoms with Crippen molar-refractivity contribution in [2.75, 3.05) is 44.3 Å². The molecule has 2 aliphatic heterocycles. The zero-order valence-corrected chi connectivity index (χ0v) is 12.8. The largest absolute Gasteiger partial charge is 0.381 e. The van der Waals surface area contributed by atoms with E-state index in [1.807, 2.05) is 4.90 Å². The Labute approximate surface area is 126 Å². The number of anilines is 1. The van der Waals surface area contributed by atoms with Crippen LogP contribution in [0.4, 0.5) is 5.69 Å². The van der Waals surface area contributed by atoms with Gasteiger partial charge >= 0.3 is 0 Å². The molecule has 3 rings (SSSR count). The number of nitrogens with zero attached hydrogens (tertiary/aromatic N) is 2. The molecule has 0 radical (unpaired) electrons. The molecule has 1 amide bonds. The molecule has 21 heavy (non-hydrogen) atoms. The lowest BCUT2D eigenvalue weighted by Crippen LogP contribution is -2.51. The van der Waals surface area contributed by atoms with E-state index in [2.05, 4.69) is 36.1 Å². The first kappa shape index (κ1) is 14.4. The number of benzene rings is 1. The van der Waals surface area contributed by atoms with Gasteiger partial charge in [0.1, 0.15) is 0 Å². The van der Waals surface area contributed by atoms with E-state index in [-0.39, 0.29) is 5.92 Å². The van der Waals surface area contributed by atoms with Crippen molar-refractivity contribution in [1.29, 1.82) is 0 Å². The number of amides is 1. The molecule has 4 heteroatoms. The van der Waals surface area contributed by atoms with Crippen LogP contribution in [-0.2, 0) is 9.53 Å². The van der Waals surface area contributed by atoms with Gasteiger partial charge < -0.3 is 14.5 Å². The van der Waals surface area contributed by atoms with Crippen LogP contribution in [0.5, 0.6) is 0 Å². The maximum absolute atomic E-state index is 12.5. The van der Waals surface area contributed by atoms with Crippen molar-refractivity contribution in [1.82, 2.24) is 4.90 Å². The Hall–Kier alpha value is -1.55. The van der Waals surface area contributed by atoms with Gasteiger partial charge in [-0.2, -0.15) is 0 Å². The molecule has 0 aliphatic carbocycles. The minimum absolute atomic E-state index is 0.185. The molecule has 2 saturated heterocycles. The van der Waals surface area contributed by atoms with Crippen LogP contribution in [0.3, 0.4) is 0 Å². The van der Waals surface area contributed by atoms with E-state index in [0.29, 0.717) is 5.91 Å². The van der Waals surface area contributed by atoms with Gasteiger partial charge in [0.15, 0.2) is 0 Å². The molecule has 0 unspecified atom stereocenters. The van der Waals surface area contributed by atoms with Crippen molar-refractivity contribution in [3.8, 4) is 0 Å². The summed E-state index contributed by atoms with van der Waals surface area (Å²) >= 11 is 0. The van der Waals surface area contributed by atoms with Crippen molar-refractivity contribution in [2.24, 2.45) is 5.92 Å². The molecule has 1 aromatic rings. The Balaban J connectivity index is 1.56. The van der Waals surface area contributed by atoms with Gasteiger partial charge in [-0.3, -0.25) is 4.79 Å². The fourth-order valence-corrected chi connectivity index (χ4v) is 3.21. The van der Waals surface area contributed by atoms with E-state index in [0.717, 1.165) is 52.2 Å². The molecule has 0 saturated carbocycles. The summed E-state index contributed by atoms with van der Waals surface area (Å²) in [5.74, 6) is 0.520. The van der Waals surface area contributed by atoms with Crippen LogP contribution < -0.4 is 4.90 Å². The van der Waals surface area contributed by atoms with E-state index >= 15 is 0 Å². The highest BCUT2D eigenvalue weighted by Gasteiger charge is 2.28. The SMILES string of the molecule is Cc1cccc(N2CCN(C(=O)C3CCOCC3)CC2)c1. The zero-order valence-electron chi connectivity index (χ0n) is 12.8. The molecule has 2 aliphatic rings. The molecule has 0 atom stereocenters. The lowest BCUT2D eigenvalue weighted by molar-refractivity contribution is -0.138. The third-order valence-electron chi connectivity index (χ3n) is 4.53. The van der Waals surface area contributed by atoms with Crippen molar-refractivity contribution in [2.45, 2.75) is 19.8 Å². The Morgan fingerprint density at radius 2 is 1.86 bits per heavy atom. The number of hydrogen-bond donors (Lipinski definition) is 0. The van der Waals surface area contributed by atoms with Crippen LogP contribution in [0.25, 0.3) is 0 Å². The van der Waals surface area contributed by atoms with Crippen LogP contribution in [0.2, 0.25) is 0 Å². The Morgan fingerprint density at radius 1 is 1.14 bits per heavy atom. The third-order valence-corrected chi connectivity index (χ3v) is 4.53. The molecule has 2 fully saturated rings. The summed E-state index contributed by atoms with van der Waals surface area (Å²) in [5, 5.41) is 0. The average molecular weight is 288 g/mol. The van der Waals surface area contributed by atoms with Gasteiger partial charge in [-0.05, 0) is 37.5 Å². The average Bonchev–Trinajstić information content (AvgIpc) is 2.55. The van der Waals surface area contributed by atoms with E-state index in [1.165, 1.54) is 11.3 Å². The van der Waals surface area contributed by atoms with Crippen LogP contribution in [0.1, 0.15) is 18.4 Å². The molecule has 2 heterocycles. The van der Waals surface area contributed by atoms with E-state index < -0.39 is 0 Å². The van der Waals surface area contributed by atoms with Crippen LogP contribution >= 0.6 is 0 Å². The number of rotatable bonds is 2. The smallest absolute Gasteiger partial charge is 0.225 e. The van der Waals surface area contributed by atoms with E-state index in [9.17, 15) is 4.79 Å². The van der Waals surface area contributed by atoms with Gasteiger partial charge in [-0.25, -0.2) is 0 Å². The molecule has 0 spiro atoms. The number of carbonyl (C=O) groups excluding carboxylic acids is 1. The summed E-state index contributed by atoms with van der Waals surface area (Å²) in [6, 6.07) is 8.59. The second-order valence-corrected chi connectivity index (χ2v) is 6.04. The Kier molecular flexibility index (Phi) is 4.44. The zero-order chi connectivity index (χ0) is 14.7. The summed E-state index contributed by atoms with van der Waals surface area (Å²) in [6.45, 7) is 7.12. The molecule has 0 aromatic heterocycles. The number of ether oxygens (including phenoxy) is 1. The predicted octanol–water partition coefficient (Wildman–Crippen LogP) is 2.07. The van der Waals surface area contributed by atoms with Gasteiger partial charge in [0, 0.05) is 51.0 Å².